The van der Waals surface area contributed by atoms with Crippen LogP contribution in [0.15, 0.2) is 48.6 Å². The monoisotopic (exact) mass is 796 g/mol. The third-order valence-electron chi connectivity index (χ3n) is 9.19. The molecule has 10 heteroatoms. The summed E-state index contributed by atoms with van der Waals surface area (Å²) in [4.78, 5) is 34.8. The van der Waals surface area contributed by atoms with E-state index in [1.54, 1.807) is 0 Å². The summed E-state index contributed by atoms with van der Waals surface area (Å²) in [7, 11) is -4.40. The molecule has 0 aromatic rings. The average Bonchev–Trinajstić information content (AvgIpc) is 3.17. The summed E-state index contributed by atoms with van der Waals surface area (Å²) >= 11 is 0. The molecule has 3 N–H and O–H groups in total. The molecule has 0 aliphatic rings. The largest absolute Gasteiger partial charge is 0.472 e. The fourth-order valence-corrected chi connectivity index (χ4v) is 6.65. The van der Waals surface area contributed by atoms with Gasteiger partial charge in [0.15, 0.2) is 6.10 Å². The lowest BCUT2D eigenvalue weighted by Gasteiger charge is -2.19. The number of nitrogens with two attached hydrogens (primary N) is 1. The Morgan fingerprint density at radius 3 is 1.38 bits per heavy atom. The molecular formula is C45H82NO8P. The Morgan fingerprint density at radius 2 is 0.945 bits per heavy atom. The average molecular weight is 796 g/mol. The van der Waals surface area contributed by atoms with Gasteiger partial charge in [-0.3, -0.25) is 18.6 Å². The van der Waals surface area contributed by atoms with Gasteiger partial charge in [-0.05, 0) is 64.2 Å². The van der Waals surface area contributed by atoms with Crippen LogP contribution in [-0.2, 0) is 32.7 Å². The van der Waals surface area contributed by atoms with Crippen LogP contribution in [0.3, 0.4) is 0 Å². The Labute approximate surface area is 336 Å². The molecule has 0 aliphatic heterocycles. The van der Waals surface area contributed by atoms with E-state index in [9.17, 15) is 19.0 Å². The minimum atomic E-state index is -4.40. The van der Waals surface area contributed by atoms with Crippen molar-refractivity contribution in [2.24, 2.45) is 5.73 Å². The fraction of sp³-hybridized carbons (Fsp3) is 0.778. The third kappa shape index (κ3) is 41.4. The maximum atomic E-state index is 12.6. The van der Waals surface area contributed by atoms with Crippen LogP contribution in [-0.4, -0.2) is 49.3 Å². The van der Waals surface area contributed by atoms with E-state index in [1.807, 2.05) is 0 Å². The highest BCUT2D eigenvalue weighted by molar-refractivity contribution is 7.47. The van der Waals surface area contributed by atoms with Crippen molar-refractivity contribution in [2.75, 3.05) is 26.4 Å². The van der Waals surface area contributed by atoms with Gasteiger partial charge in [0.25, 0.3) is 0 Å². The van der Waals surface area contributed by atoms with Gasteiger partial charge in [-0.2, -0.15) is 0 Å². The second-order valence-corrected chi connectivity index (χ2v) is 16.0. The first-order chi connectivity index (χ1) is 26.8. The zero-order valence-corrected chi connectivity index (χ0v) is 36.0. The molecular weight excluding hydrogens is 713 g/mol. The Kier molecular flexibility index (Phi) is 40.1. The SMILES string of the molecule is CCCCCCCCCCC/C=C/C/C=C/CCCC(=O)OC[C@H](COP(=O)(O)OCCN)OC(=O)CCC/C=C/C/C=C/CCCCCCCCCCC. The quantitative estimate of drug-likeness (QED) is 0.0268. The second-order valence-electron chi connectivity index (χ2n) is 14.6. The molecule has 2 atom stereocenters. The summed E-state index contributed by atoms with van der Waals surface area (Å²) in [6.07, 6.45) is 47.3. The normalized spacial score (nSPS) is 13.7. The summed E-state index contributed by atoms with van der Waals surface area (Å²) in [5.41, 5.74) is 5.34. The smallest absolute Gasteiger partial charge is 0.462 e. The van der Waals surface area contributed by atoms with Crippen molar-refractivity contribution in [3.63, 3.8) is 0 Å². The number of hydrogen-bond donors (Lipinski definition) is 2. The molecule has 55 heavy (non-hydrogen) atoms. The van der Waals surface area contributed by atoms with E-state index in [4.69, 9.17) is 24.3 Å². The van der Waals surface area contributed by atoms with Gasteiger partial charge in [0.1, 0.15) is 6.61 Å². The van der Waals surface area contributed by atoms with Crippen LogP contribution in [0.5, 0.6) is 0 Å². The molecule has 0 heterocycles. The van der Waals surface area contributed by atoms with E-state index in [1.165, 1.54) is 116 Å². The van der Waals surface area contributed by atoms with Gasteiger partial charge in [0, 0.05) is 19.4 Å². The van der Waals surface area contributed by atoms with Crippen molar-refractivity contribution in [3.8, 4) is 0 Å². The Bertz CT molecular complexity index is 1040. The predicted molar refractivity (Wildman–Crippen MR) is 229 cm³/mol. The second kappa shape index (κ2) is 41.6. The zero-order valence-electron chi connectivity index (χ0n) is 35.2. The maximum Gasteiger partial charge on any atom is 0.472 e. The summed E-state index contributed by atoms with van der Waals surface area (Å²) in [6, 6.07) is 0. The van der Waals surface area contributed by atoms with Crippen molar-refractivity contribution in [1.29, 1.82) is 0 Å². The molecule has 0 radical (unpaired) electrons. The standard InChI is InChI=1S/C45H82NO8P/c1-3-5-7-9-11-13-15-17-19-21-23-25-27-29-31-33-35-37-44(47)51-41-43(42-53-55(49,50)52-40-39-46)54-45(48)38-36-34-32-30-28-26-24-22-20-18-16-14-12-10-8-6-4-2/h23-26,29-32,43H,3-22,27-28,33-42,46H2,1-2H3,(H,49,50)/b25-23+,26-24+,31-29+,32-30+/t43-/m1/s1. The summed E-state index contributed by atoms with van der Waals surface area (Å²) in [5, 5.41) is 0. The summed E-state index contributed by atoms with van der Waals surface area (Å²) in [6.45, 7) is 3.64. The van der Waals surface area contributed by atoms with Crippen molar-refractivity contribution < 1.29 is 37.6 Å². The van der Waals surface area contributed by atoms with Crippen LogP contribution >= 0.6 is 7.82 Å². The first kappa shape index (κ1) is 53.0. The number of allylic oxidation sites excluding steroid dienone is 8. The highest BCUT2D eigenvalue weighted by Gasteiger charge is 2.25. The molecule has 0 fully saturated rings. The Morgan fingerprint density at radius 1 is 0.545 bits per heavy atom. The number of unbranched alkanes of at least 4 members (excludes halogenated alkanes) is 20. The van der Waals surface area contributed by atoms with Crippen LogP contribution in [0.4, 0.5) is 0 Å². The molecule has 0 rings (SSSR count). The Balaban J connectivity index is 4.27. The number of carbonyl (C=O) groups is 2. The van der Waals surface area contributed by atoms with Gasteiger partial charge in [-0.25, -0.2) is 4.57 Å². The number of ether oxygens (including phenoxy) is 2. The van der Waals surface area contributed by atoms with Crippen LogP contribution in [0.2, 0.25) is 0 Å². The number of phosphoric acid groups is 1. The maximum absolute atomic E-state index is 12.6. The minimum absolute atomic E-state index is 0.0410. The first-order valence-electron chi connectivity index (χ1n) is 22.1. The lowest BCUT2D eigenvalue weighted by atomic mass is 10.1. The molecule has 0 spiro atoms. The van der Waals surface area contributed by atoms with E-state index in [2.05, 4.69) is 62.5 Å². The van der Waals surface area contributed by atoms with Crippen molar-refractivity contribution >= 4 is 19.8 Å². The molecule has 1 unspecified atom stereocenters. The summed E-state index contributed by atoms with van der Waals surface area (Å²) < 4.78 is 32.7. The van der Waals surface area contributed by atoms with Gasteiger partial charge in [-0.1, -0.05) is 165 Å². The molecule has 0 saturated carbocycles. The number of phosphoric ester groups is 1. The minimum Gasteiger partial charge on any atom is -0.462 e. The lowest BCUT2D eigenvalue weighted by molar-refractivity contribution is -0.161. The zero-order chi connectivity index (χ0) is 40.3. The molecule has 0 aromatic carbocycles. The van der Waals surface area contributed by atoms with Gasteiger partial charge in [-0.15, -0.1) is 0 Å². The lowest BCUT2D eigenvalue weighted by Crippen LogP contribution is -2.29. The van der Waals surface area contributed by atoms with Crippen LogP contribution in [0.1, 0.15) is 194 Å². The van der Waals surface area contributed by atoms with E-state index >= 15 is 0 Å². The van der Waals surface area contributed by atoms with Crippen LogP contribution in [0, 0.1) is 0 Å². The Hall–Kier alpha value is -2.03. The number of rotatable bonds is 41. The van der Waals surface area contributed by atoms with E-state index in [-0.39, 0.29) is 32.6 Å². The van der Waals surface area contributed by atoms with E-state index in [0.717, 1.165) is 38.5 Å². The summed E-state index contributed by atoms with van der Waals surface area (Å²) in [5.74, 6) is -0.934. The number of hydrogen-bond acceptors (Lipinski definition) is 8. The number of esters is 2. The van der Waals surface area contributed by atoms with E-state index in [0.29, 0.717) is 12.8 Å². The molecule has 0 amide bonds. The highest BCUT2D eigenvalue weighted by atomic mass is 31.2. The van der Waals surface area contributed by atoms with Crippen molar-refractivity contribution in [2.45, 2.75) is 200 Å². The molecule has 320 valence electrons. The van der Waals surface area contributed by atoms with Gasteiger partial charge >= 0.3 is 19.8 Å². The highest BCUT2D eigenvalue weighted by Crippen LogP contribution is 2.43. The van der Waals surface area contributed by atoms with Crippen molar-refractivity contribution in [3.05, 3.63) is 48.6 Å². The molecule has 0 bridgehead atoms. The topological polar surface area (TPSA) is 134 Å². The predicted octanol–water partition coefficient (Wildman–Crippen LogP) is 12.7. The van der Waals surface area contributed by atoms with Gasteiger partial charge in [0.2, 0.25) is 0 Å². The van der Waals surface area contributed by atoms with E-state index < -0.39 is 32.5 Å². The molecule has 0 aromatic heterocycles. The molecule has 0 saturated heterocycles. The van der Waals surface area contributed by atoms with Crippen LogP contribution in [0.25, 0.3) is 0 Å². The van der Waals surface area contributed by atoms with Crippen LogP contribution < -0.4 is 5.73 Å². The van der Waals surface area contributed by atoms with Crippen molar-refractivity contribution in [1.82, 2.24) is 0 Å². The van der Waals surface area contributed by atoms with Gasteiger partial charge < -0.3 is 20.1 Å². The first-order valence-corrected chi connectivity index (χ1v) is 23.6. The fourth-order valence-electron chi connectivity index (χ4n) is 5.89. The molecule has 9 nitrogen and oxygen atoms in total. The van der Waals surface area contributed by atoms with Gasteiger partial charge in [0.05, 0.1) is 13.2 Å². The third-order valence-corrected chi connectivity index (χ3v) is 10.2. The number of carbonyl (C=O) groups excluding carboxylic acids is 2. The molecule has 0 aliphatic carbocycles.